The van der Waals surface area contributed by atoms with Gasteiger partial charge in [0.05, 0.1) is 6.61 Å². The number of carbonyl (C=O) groups is 2. The molecular weight excluding hydrogens is 366 g/mol. The number of amides is 1. The lowest BCUT2D eigenvalue weighted by Crippen LogP contribution is -2.42. The quantitative estimate of drug-likeness (QED) is 0.377. The third-order valence-electron chi connectivity index (χ3n) is 5.06. The van der Waals surface area contributed by atoms with E-state index in [1.807, 2.05) is 31.2 Å². The fourth-order valence-electron chi connectivity index (χ4n) is 3.58. The summed E-state index contributed by atoms with van der Waals surface area (Å²) in [5.41, 5.74) is 4.62. The number of nitrogens with one attached hydrogen (secondary N) is 1. The zero-order valence-electron chi connectivity index (χ0n) is 16.7. The Bertz CT molecular complexity index is 831. The second-order valence-electron chi connectivity index (χ2n) is 7.07. The van der Waals surface area contributed by atoms with Gasteiger partial charge in [-0.05, 0) is 35.1 Å². The smallest absolute Gasteiger partial charge is 0.407 e. The number of hydrogen-bond donors (Lipinski definition) is 1. The van der Waals surface area contributed by atoms with E-state index in [1.54, 1.807) is 6.08 Å². The monoisotopic (exact) mass is 393 g/mol. The molecule has 0 spiro atoms. The fraction of sp³-hybridized carbons (Fsp3) is 0.333. The Balaban J connectivity index is 1.62. The molecule has 0 saturated carbocycles. The zero-order chi connectivity index (χ0) is 20.6. The van der Waals surface area contributed by atoms with Crippen molar-refractivity contribution >= 4 is 12.1 Å². The van der Waals surface area contributed by atoms with Crippen LogP contribution in [0.3, 0.4) is 0 Å². The molecule has 1 N–H and O–H groups in total. The molecule has 1 amide bonds. The minimum Gasteiger partial charge on any atom is -0.464 e. The van der Waals surface area contributed by atoms with Crippen molar-refractivity contribution in [3.05, 3.63) is 72.3 Å². The third-order valence-corrected chi connectivity index (χ3v) is 5.06. The Morgan fingerprint density at radius 1 is 1.07 bits per heavy atom. The van der Waals surface area contributed by atoms with Gasteiger partial charge in [-0.2, -0.15) is 0 Å². The zero-order valence-corrected chi connectivity index (χ0v) is 16.7. The highest BCUT2D eigenvalue weighted by molar-refractivity contribution is 5.82. The lowest BCUT2D eigenvalue weighted by molar-refractivity contribution is -0.146. The number of rotatable bonds is 9. The van der Waals surface area contributed by atoms with Crippen molar-refractivity contribution in [3.8, 4) is 11.1 Å². The summed E-state index contributed by atoms with van der Waals surface area (Å²) in [5, 5.41) is 2.61. The first-order valence-corrected chi connectivity index (χ1v) is 10.0. The average molecular weight is 393 g/mol. The molecular formula is C24H27NO4. The Morgan fingerprint density at radius 2 is 1.69 bits per heavy atom. The summed E-state index contributed by atoms with van der Waals surface area (Å²) in [6.45, 7) is 6.21. The van der Waals surface area contributed by atoms with Crippen molar-refractivity contribution in [1.29, 1.82) is 0 Å². The molecule has 3 rings (SSSR count). The number of fused-ring (bicyclic) bond motifs is 3. The van der Waals surface area contributed by atoms with Crippen molar-refractivity contribution in [2.45, 2.75) is 38.1 Å². The minimum absolute atomic E-state index is 0.0255. The maximum Gasteiger partial charge on any atom is 0.407 e. The lowest BCUT2D eigenvalue weighted by Gasteiger charge is -2.18. The summed E-state index contributed by atoms with van der Waals surface area (Å²) < 4.78 is 10.7. The van der Waals surface area contributed by atoms with Gasteiger partial charge in [-0.25, -0.2) is 9.59 Å². The molecule has 152 valence electrons. The molecule has 2 aromatic rings. The van der Waals surface area contributed by atoms with Crippen LogP contribution >= 0.6 is 0 Å². The molecule has 1 aliphatic carbocycles. The molecule has 0 heterocycles. The molecule has 0 unspecified atom stereocenters. The van der Waals surface area contributed by atoms with Gasteiger partial charge in [0.1, 0.15) is 12.6 Å². The van der Waals surface area contributed by atoms with Crippen LogP contribution in [-0.2, 0) is 14.3 Å². The second kappa shape index (κ2) is 9.92. The highest BCUT2D eigenvalue weighted by atomic mass is 16.6. The number of carbonyl (C=O) groups excluding carboxylic acids is 2. The molecule has 0 saturated heterocycles. The topological polar surface area (TPSA) is 64.6 Å². The van der Waals surface area contributed by atoms with Gasteiger partial charge in [0.2, 0.25) is 0 Å². The normalized spacial score (nSPS) is 13.1. The molecule has 0 aromatic heterocycles. The van der Waals surface area contributed by atoms with Crippen molar-refractivity contribution in [3.63, 3.8) is 0 Å². The summed E-state index contributed by atoms with van der Waals surface area (Å²) in [7, 11) is 0. The van der Waals surface area contributed by atoms with Crippen LogP contribution in [0.2, 0.25) is 0 Å². The molecule has 5 nitrogen and oxygen atoms in total. The van der Waals surface area contributed by atoms with Crippen LogP contribution in [0.5, 0.6) is 0 Å². The van der Waals surface area contributed by atoms with Gasteiger partial charge in [-0.3, -0.25) is 0 Å². The fourth-order valence-corrected chi connectivity index (χ4v) is 3.58. The van der Waals surface area contributed by atoms with Crippen molar-refractivity contribution in [2.24, 2.45) is 0 Å². The molecule has 0 radical (unpaired) electrons. The van der Waals surface area contributed by atoms with Crippen LogP contribution in [0.1, 0.15) is 43.2 Å². The molecule has 0 aliphatic heterocycles. The summed E-state index contributed by atoms with van der Waals surface area (Å²) in [4.78, 5) is 24.6. The van der Waals surface area contributed by atoms with Gasteiger partial charge < -0.3 is 14.8 Å². The van der Waals surface area contributed by atoms with E-state index >= 15 is 0 Å². The summed E-state index contributed by atoms with van der Waals surface area (Å²) in [6, 6.07) is 15.5. The van der Waals surface area contributed by atoms with Crippen LogP contribution in [0.15, 0.2) is 61.2 Å². The number of ether oxygens (including phenoxy) is 2. The van der Waals surface area contributed by atoms with E-state index in [9.17, 15) is 9.59 Å². The molecule has 1 atom stereocenters. The maximum atomic E-state index is 12.4. The minimum atomic E-state index is -0.792. The molecule has 0 bridgehead atoms. The number of benzene rings is 2. The van der Waals surface area contributed by atoms with Crippen molar-refractivity contribution < 1.29 is 19.1 Å². The van der Waals surface area contributed by atoms with Gasteiger partial charge in [-0.15, -0.1) is 6.58 Å². The Morgan fingerprint density at radius 3 is 2.28 bits per heavy atom. The Labute approximate surface area is 171 Å². The number of hydrogen-bond acceptors (Lipinski definition) is 4. The van der Waals surface area contributed by atoms with Gasteiger partial charge in [0.25, 0.3) is 0 Å². The predicted molar refractivity (Wildman–Crippen MR) is 113 cm³/mol. The first-order valence-electron chi connectivity index (χ1n) is 10.0. The molecule has 29 heavy (non-hydrogen) atoms. The second-order valence-corrected chi connectivity index (χ2v) is 7.07. The average Bonchev–Trinajstić information content (AvgIpc) is 3.06. The SMILES string of the molecule is C=CC[C@H](NC(=O)OCC1c2ccccc2-c2ccccc21)C(=O)OCCCC. The summed E-state index contributed by atoms with van der Waals surface area (Å²) in [6.07, 6.45) is 2.95. The van der Waals surface area contributed by atoms with Crippen LogP contribution in [0.25, 0.3) is 11.1 Å². The summed E-state index contributed by atoms with van der Waals surface area (Å²) >= 11 is 0. The molecule has 0 fully saturated rings. The van der Waals surface area contributed by atoms with Crippen LogP contribution < -0.4 is 5.32 Å². The van der Waals surface area contributed by atoms with Gasteiger partial charge in [-0.1, -0.05) is 68.0 Å². The highest BCUT2D eigenvalue weighted by Crippen LogP contribution is 2.44. The Hall–Kier alpha value is -3.08. The van der Waals surface area contributed by atoms with E-state index in [0.29, 0.717) is 6.61 Å². The van der Waals surface area contributed by atoms with Crippen LogP contribution in [0.4, 0.5) is 4.79 Å². The third kappa shape index (κ3) is 4.86. The first-order chi connectivity index (χ1) is 14.2. The lowest BCUT2D eigenvalue weighted by atomic mass is 9.98. The van der Waals surface area contributed by atoms with Crippen molar-refractivity contribution in [1.82, 2.24) is 5.32 Å². The number of esters is 1. The maximum absolute atomic E-state index is 12.4. The van der Waals surface area contributed by atoms with E-state index in [0.717, 1.165) is 24.0 Å². The number of alkyl carbamates (subject to hydrolysis) is 1. The largest absolute Gasteiger partial charge is 0.464 e. The van der Waals surface area contributed by atoms with Gasteiger partial charge in [0, 0.05) is 5.92 Å². The molecule has 5 heteroatoms. The highest BCUT2D eigenvalue weighted by Gasteiger charge is 2.29. The first kappa shape index (κ1) is 20.6. The van der Waals surface area contributed by atoms with Gasteiger partial charge in [0.15, 0.2) is 0 Å². The summed E-state index contributed by atoms with van der Waals surface area (Å²) in [5.74, 6) is -0.491. The van der Waals surface area contributed by atoms with Crippen molar-refractivity contribution in [2.75, 3.05) is 13.2 Å². The predicted octanol–water partition coefficient (Wildman–Crippen LogP) is 4.81. The van der Waals surface area contributed by atoms with E-state index in [4.69, 9.17) is 9.47 Å². The van der Waals surface area contributed by atoms with E-state index < -0.39 is 18.1 Å². The van der Waals surface area contributed by atoms with Crippen LogP contribution in [0, 0.1) is 0 Å². The van der Waals surface area contributed by atoms with E-state index in [2.05, 4.69) is 36.2 Å². The van der Waals surface area contributed by atoms with Crippen LogP contribution in [-0.4, -0.2) is 31.3 Å². The standard InChI is InChI=1S/C24H27NO4/c1-3-5-15-28-23(26)22(10-4-2)25-24(27)29-16-21-19-13-8-6-11-17(19)18-12-7-9-14-20(18)21/h4,6-9,11-14,21-22H,2-3,5,10,15-16H2,1H3,(H,25,27)/t22-/m0/s1. The molecule has 1 aliphatic rings. The Kier molecular flexibility index (Phi) is 7.06. The number of unbranched alkanes of at least 4 members (excludes halogenated alkanes) is 1. The van der Waals surface area contributed by atoms with E-state index in [1.165, 1.54) is 11.1 Å². The molecule has 2 aromatic carbocycles. The van der Waals surface area contributed by atoms with Gasteiger partial charge >= 0.3 is 12.1 Å². The van der Waals surface area contributed by atoms with E-state index in [-0.39, 0.29) is 18.9 Å².